The van der Waals surface area contributed by atoms with Crippen molar-refractivity contribution in [1.29, 1.82) is 0 Å². The smallest absolute Gasteiger partial charge is 0.326 e. The number of para-hydroxylation sites is 1. The summed E-state index contributed by atoms with van der Waals surface area (Å²) in [7, 11) is 0. The van der Waals surface area contributed by atoms with Crippen molar-refractivity contribution in [2.45, 2.75) is 44.7 Å². The maximum absolute atomic E-state index is 12.6. The van der Waals surface area contributed by atoms with E-state index in [0.29, 0.717) is 11.1 Å². The molecule has 1 fully saturated rings. The maximum Gasteiger partial charge on any atom is 0.326 e. The molecule has 0 aliphatic heterocycles. The zero-order valence-corrected chi connectivity index (χ0v) is 15.3. The van der Waals surface area contributed by atoms with E-state index >= 15 is 0 Å². The molecule has 28 heavy (non-hydrogen) atoms. The van der Waals surface area contributed by atoms with Crippen LogP contribution in [-0.4, -0.2) is 34.1 Å². The second-order valence-electron chi connectivity index (χ2n) is 7.02. The lowest BCUT2D eigenvalue weighted by Crippen LogP contribution is -2.39. The lowest BCUT2D eigenvalue weighted by molar-refractivity contribution is -0.149. The molecule has 3 aromatic rings. The fraction of sp³-hybridized carbons (Fsp3) is 0.400. The van der Waals surface area contributed by atoms with Crippen LogP contribution in [0.25, 0.3) is 22.1 Å². The Hall–Kier alpha value is -3.16. The largest absolute Gasteiger partial charge is 0.454 e. The van der Waals surface area contributed by atoms with Crippen LogP contribution in [0, 0.1) is 0 Å². The van der Waals surface area contributed by atoms with Crippen LogP contribution in [0.4, 0.5) is 0 Å². The van der Waals surface area contributed by atoms with E-state index in [4.69, 9.17) is 9.15 Å². The summed E-state index contributed by atoms with van der Waals surface area (Å²) in [6.07, 6.45) is 6.60. The number of amides is 1. The SMILES string of the molecule is O=C(COC(=O)Cn1cnc2c(oc3ccccc32)c1=O)NC1CCCCC1. The number of benzene rings is 1. The van der Waals surface area contributed by atoms with E-state index in [1.807, 2.05) is 12.1 Å². The lowest BCUT2D eigenvalue weighted by atomic mass is 9.95. The fourth-order valence-electron chi connectivity index (χ4n) is 3.57. The van der Waals surface area contributed by atoms with E-state index in [-0.39, 0.29) is 30.7 Å². The Morgan fingerprint density at radius 3 is 2.82 bits per heavy atom. The van der Waals surface area contributed by atoms with E-state index in [0.717, 1.165) is 35.6 Å². The number of aromatic nitrogens is 2. The first-order valence-corrected chi connectivity index (χ1v) is 9.43. The minimum absolute atomic E-state index is 0.0894. The van der Waals surface area contributed by atoms with Crippen LogP contribution in [0.1, 0.15) is 32.1 Å². The topological polar surface area (TPSA) is 103 Å². The van der Waals surface area contributed by atoms with Gasteiger partial charge in [-0.3, -0.25) is 19.0 Å². The first-order chi connectivity index (χ1) is 13.6. The molecule has 8 nitrogen and oxygen atoms in total. The van der Waals surface area contributed by atoms with Crippen molar-refractivity contribution in [2.75, 3.05) is 6.61 Å². The van der Waals surface area contributed by atoms with Crippen LogP contribution < -0.4 is 10.9 Å². The number of furan rings is 1. The second kappa shape index (κ2) is 7.84. The Morgan fingerprint density at radius 1 is 1.21 bits per heavy atom. The third-order valence-corrected chi connectivity index (χ3v) is 4.98. The summed E-state index contributed by atoms with van der Waals surface area (Å²) < 4.78 is 11.7. The van der Waals surface area contributed by atoms with Gasteiger partial charge in [0.15, 0.2) is 6.61 Å². The van der Waals surface area contributed by atoms with Crippen molar-refractivity contribution in [3.8, 4) is 0 Å². The Bertz CT molecular complexity index is 1080. The Morgan fingerprint density at radius 2 is 2.00 bits per heavy atom. The standard InChI is InChI=1S/C20H21N3O5/c24-16(22-13-6-2-1-3-7-13)11-27-17(25)10-23-12-21-18-14-8-4-5-9-15(14)28-19(18)20(23)26/h4-5,8-9,12-13H,1-3,6-7,10-11H2,(H,22,24). The Balaban J connectivity index is 1.39. The summed E-state index contributed by atoms with van der Waals surface area (Å²) in [4.78, 5) is 40.8. The van der Waals surface area contributed by atoms with Crippen LogP contribution in [0.3, 0.4) is 0 Å². The normalized spacial score (nSPS) is 15.0. The molecule has 0 saturated heterocycles. The molecule has 2 heterocycles. The maximum atomic E-state index is 12.6. The highest BCUT2D eigenvalue weighted by Crippen LogP contribution is 2.24. The van der Waals surface area contributed by atoms with Crippen molar-refractivity contribution in [1.82, 2.24) is 14.9 Å². The number of fused-ring (bicyclic) bond motifs is 3. The van der Waals surface area contributed by atoms with Crippen LogP contribution in [0.5, 0.6) is 0 Å². The number of rotatable bonds is 5. The highest BCUT2D eigenvalue weighted by atomic mass is 16.5. The predicted octanol–water partition coefficient (Wildman–Crippen LogP) is 2.13. The molecule has 1 aromatic carbocycles. The van der Waals surface area contributed by atoms with Gasteiger partial charge in [0.1, 0.15) is 17.6 Å². The molecule has 0 bridgehead atoms. The van der Waals surface area contributed by atoms with Gasteiger partial charge in [-0.25, -0.2) is 4.98 Å². The van der Waals surface area contributed by atoms with E-state index < -0.39 is 11.5 Å². The van der Waals surface area contributed by atoms with E-state index in [1.165, 1.54) is 12.7 Å². The van der Waals surface area contributed by atoms with Gasteiger partial charge in [0.25, 0.3) is 11.5 Å². The summed E-state index contributed by atoms with van der Waals surface area (Å²) in [5.41, 5.74) is 0.634. The molecule has 4 rings (SSSR count). The van der Waals surface area contributed by atoms with Crippen LogP contribution in [-0.2, 0) is 20.9 Å². The number of carbonyl (C=O) groups is 2. The van der Waals surface area contributed by atoms with Gasteiger partial charge >= 0.3 is 5.97 Å². The number of ether oxygens (including phenoxy) is 1. The number of esters is 1. The minimum atomic E-state index is -0.682. The number of carbonyl (C=O) groups excluding carboxylic acids is 2. The monoisotopic (exact) mass is 383 g/mol. The molecule has 0 unspecified atom stereocenters. The van der Waals surface area contributed by atoms with Gasteiger partial charge < -0.3 is 14.5 Å². The highest BCUT2D eigenvalue weighted by molar-refractivity contribution is 6.01. The van der Waals surface area contributed by atoms with Gasteiger partial charge in [0.05, 0.1) is 6.33 Å². The number of hydrogen-bond donors (Lipinski definition) is 1. The molecule has 1 amide bonds. The molecule has 146 valence electrons. The molecular formula is C20H21N3O5. The van der Waals surface area contributed by atoms with Crippen LogP contribution >= 0.6 is 0 Å². The predicted molar refractivity (Wildman–Crippen MR) is 102 cm³/mol. The fourth-order valence-corrected chi connectivity index (χ4v) is 3.57. The molecular weight excluding hydrogens is 362 g/mol. The lowest BCUT2D eigenvalue weighted by Gasteiger charge is -2.22. The second-order valence-corrected chi connectivity index (χ2v) is 7.02. The molecule has 1 N–H and O–H groups in total. The number of nitrogens with zero attached hydrogens (tertiary/aromatic N) is 2. The first kappa shape index (κ1) is 18.2. The first-order valence-electron chi connectivity index (χ1n) is 9.43. The highest BCUT2D eigenvalue weighted by Gasteiger charge is 2.18. The van der Waals surface area contributed by atoms with Crippen molar-refractivity contribution in [3.05, 3.63) is 40.9 Å². The van der Waals surface area contributed by atoms with Gasteiger partial charge in [0, 0.05) is 11.4 Å². The summed E-state index contributed by atoms with van der Waals surface area (Å²) in [6.45, 7) is -0.695. The molecule has 1 saturated carbocycles. The quantitative estimate of drug-likeness (QED) is 0.677. The molecule has 0 radical (unpaired) electrons. The molecule has 8 heteroatoms. The Kier molecular flexibility index (Phi) is 5.10. The summed E-state index contributed by atoms with van der Waals surface area (Å²) >= 11 is 0. The van der Waals surface area contributed by atoms with Gasteiger partial charge in [-0.2, -0.15) is 0 Å². The van der Waals surface area contributed by atoms with Gasteiger partial charge in [-0.05, 0) is 25.0 Å². The van der Waals surface area contributed by atoms with Crippen LogP contribution in [0.15, 0.2) is 39.8 Å². The van der Waals surface area contributed by atoms with Crippen molar-refractivity contribution >= 4 is 33.9 Å². The molecule has 1 aliphatic rings. The average Bonchev–Trinajstić information content (AvgIpc) is 3.09. The number of nitrogens with one attached hydrogen (secondary N) is 1. The van der Waals surface area contributed by atoms with Gasteiger partial charge in [0.2, 0.25) is 5.58 Å². The number of hydrogen-bond acceptors (Lipinski definition) is 6. The third-order valence-electron chi connectivity index (χ3n) is 4.98. The van der Waals surface area contributed by atoms with Gasteiger partial charge in [-0.15, -0.1) is 0 Å². The van der Waals surface area contributed by atoms with Crippen molar-refractivity contribution < 1.29 is 18.7 Å². The third kappa shape index (κ3) is 3.76. The zero-order valence-electron chi connectivity index (χ0n) is 15.3. The van der Waals surface area contributed by atoms with Crippen LogP contribution in [0.2, 0.25) is 0 Å². The molecule has 1 aliphatic carbocycles. The summed E-state index contributed by atoms with van der Waals surface area (Å²) in [6, 6.07) is 7.36. The van der Waals surface area contributed by atoms with Crippen molar-refractivity contribution in [3.63, 3.8) is 0 Å². The molecule has 0 atom stereocenters. The molecule has 2 aromatic heterocycles. The summed E-state index contributed by atoms with van der Waals surface area (Å²) in [5, 5.41) is 3.62. The minimum Gasteiger partial charge on any atom is -0.454 e. The Labute approximate surface area is 160 Å². The van der Waals surface area contributed by atoms with Gasteiger partial charge in [-0.1, -0.05) is 31.4 Å². The molecule has 0 spiro atoms. The van der Waals surface area contributed by atoms with E-state index in [1.54, 1.807) is 12.1 Å². The average molecular weight is 383 g/mol. The van der Waals surface area contributed by atoms with Crippen molar-refractivity contribution in [2.24, 2.45) is 0 Å². The van der Waals surface area contributed by atoms with E-state index in [9.17, 15) is 14.4 Å². The zero-order chi connectivity index (χ0) is 19.5. The van der Waals surface area contributed by atoms with E-state index in [2.05, 4.69) is 10.3 Å². The summed E-state index contributed by atoms with van der Waals surface area (Å²) in [5.74, 6) is -1.00.